The molecule has 3 heterocycles. The van der Waals surface area contributed by atoms with Crippen LogP contribution in [0.5, 0.6) is 0 Å². The number of hydrogen-bond donors (Lipinski definition) is 0. The van der Waals surface area contributed by atoms with E-state index in [1.807, 2.05) is 18.5 Å². The highest BCUT2D eigenvalue weighted by atomic mass is 15.3. The second-order valence-electron chi connectivity index (χ2n) is 5.82. The van der Waals surface area contributed by atoms with Crippen LogP contribution in [-0.4, -0.2) is 35.1 Å². The zero-order valence-electron chi connectivity index (χ0n) is 11.5. The van der Waals surface area contributed by atoms with Crippen LogP contribution in [0, 0.1) is 0 Å². The van der Waals surface area contributed by atoms with Crippen molar-refractivity contribution in [3.8, 4) is 0 Å². The Balaban J connectivity index is 1.45. The van der Waals surface area contributed by atoms with Crippen molar-refractivity contribution in [3.63, 3.8) is 0 Å². The molecule has 0 aliphatic carbocycles. The molecule has 3 nitrogen and oxygen atoms in total. The van der Waals surface area contributed by atoms with E-state index < -0.39 is 0 Å². The van der Waals surface area contributed by atoms with Crippen LogP contribution in [0.2, 0.25) is 0 Å². The number of anilines is 1. The summed E-state index contributed by atoms with van der Waals surface area (Å²) in [6, 6.07) is 16.4. The Labute approximate surface area is 119 Å². The summed E-state index contributed by atoms with van der Waals surface area (Å²) in [7, 11) is 0. The first kappa shape index (κ1) is 11.9. The molecule has 0 radical (unpaired) electrons. The van der Waals surface area contributed by atoms with E-state index in [1.54, 1.807) is 0 Å². The van der Waals surface area contributed by atoms with Crippen LogP contribution >= 0.6 is 0 Å². The average molecular weight is 265 g/mol. The monoisotopic (exact) mass is 265 g/mol. The Bertz CT molecular complexity index is 569. The predicted octanol–water partition coefficient (Wildman–Crippen LogP) is 2.54. The first-order chi connectivity index (χ1) is 9.90. The lowest BCUT2D eigenvalue weighted by Crippen LogP contribution is -2.46. The summed E-state index contributed by atoms with van der Waals surface area (Å²) in [5, 5.41) is 0. The van der Waals surface area contributed by atoms with Gasteiger partial charge in [0.05, 0.1) is 11.9 Å². The van der Waals surface area contributed by atoms with Gasteiger partial charge in [0, 0.05) is 37.9 Å². The third-order valence-corrected chi connectivity index (χ3v) is 4.56. The molecule has 3 heteroatoms. The van der Waals surface area contributed by atoms with Gasteiger partial charge in [0.1, 0.15) is 0 Å². The van der Waals surface area contributed by atoms with Crippen molar-refractivity contribution >= 4 is 5.69 Å². The summed E-state index contributed by atoms with van der Waals surface area (Å²) >= 11 is 0. The molecule has 2 saturated heterocycles. The third kappa shape index (κ3) is 2.08. The molecule has 2 aromatic rings. The first-order valence-electron chi connectivity index (χ1n) is 7.35. The minimum absolute atomic E-state index is 0.660. The second-order valence-corrected chi connectivity index (χ2v) is 5.82. The molecule has 2 unspecified atom stereocenters. The SMILES string of the molecule is c1ccc(CN2CC3CC2CN3c2cccnc2)cc1. The zero-order valence-corrected chi connectivity index (χ0v) is 11.5. The Morgan fingerprint density at radius 2 is 1.90 bits per heavy atom. The second kappa shape index (κ2) is 4.91. The van der Waals surface area contributed by atoms with Crippen LogP contribution in [0.4, 0.5) is 5.69 Å². The largest absolute Gasteiger partial charge is 0.364 e. The minimum atomic E-state index is 0.660. The van der Waals surface area contributed by atoms with Crippen LogP contribution < -0.4 is 4.90 Å². The molecule has 0 saturated carbocycles. The molecule has 0 amide bonds. The van der Waals surface area contributed by atoms with E-state index in [0.717, 1.165) is 13.1 Å². The van der Waals surface area contributed by atoms with Crippen molar-refractivity contribution in [2.75, 3.05) is 18.0 Å². The molecular formula is C17H19N3. The summed E-state index contributed by atoms with van der Waals surface area (Å²) in [6.45, 7) is 3.40. The Kier molecular flexibility index (Phi) is 2.92. The average Bonchev–Trinajstić information content (AvgIpc) is 3.09. The number of hydrogen-bond acceptors (Lipinski definition) is 3. The molecule has 102 valence electrons. The summed E-state index contributed by atoms with van der Waals surface area (Å²) in [5.74, 6) is 0. The number of benzene rings is 1. The Morgan fingerprint density at radius 3 is 2.60 bits per heavy atom. The van der Waals surface area contributed by atoms with Crippen molar-refractivity contribution in [1.29, 1.82) is 0 Å². The van der Waals surface area contributed by atoms with Gasteiger partial charge in [-0.1, -0.05) is 30.3 Å². The molecule has 2 fully saturated rings. The minimum Gasteiger partial charge on any atom is -0.364 e. The van der Waals surface area contributed by atoms with E-state index in [9.17, 15) is 0 Å². The van der Waals surface area contributed by atoms with E-state index >= 15 is 0 Å². The number of rotatable bonds is 3. The molecule has 1 aromatic heterocycles. The number of pyridine rings is 1. The van der Waals surface area contributed by atoms with Gasteiger partial charge < -0.3 is 4.90 Å². The Hall–Kier alpha value is -1.87. The number of nitrogens with zero attached hydrogens (tertiary/aromatic N) is 3. The molecule has 4 rings (SSSR count). The maximum Gasteiger partial charge on any atom is 0.0556 e. The van der Waals surface area contributed by atoms with Crippen molar-refractivity contribution in [2.45, 2.75) is 25.0 Å². The van der Waals surface area contributed by atoms with Crippen LogP contribution in [0.15, 0.2) is 54.9 Å². The van der Waals surface area contributed by atoms with Gasteiger partial charge in [-0.05, 0) is 24.1 Å². The lowest BCUT2D eigenvalue weighted by atomic mass is 10.2. The van der Waals surface area contributed by atoms with Gasteiger partial charge in [0.15, 0.2) is 0 Å². The van der Waals surface area contributed by atoms with Gasteiger partial charge >= 0.3 is 0 Å². The fraction of sp³-hybridized carbons (Fsp3) is 0.353. The van der Waals surface area contributed by atoms with Crippen LogP contribution in [0.1, 0.15) is 12.0 Å². The zero-order chi connectivity index (χ0) is 13.4. The smallest absolute Gasteiger partial charge is 0.0556 e. The van der Waals surface area contributed by atoms with Crippen LogP contribution in [-0.2, 0) is 6.54 Å². The maximum atomic E-state index is 4.24. The van der Waals surface area contributed by atoms with Crippen molar-refractivity contribution in [3.05, 3.63) is 60.4 Å². The fourth-order valence-corrected chi connectivity index (χ4v) is 3.60. The van der Waals surface area contributed by atoms with Gasteiger partial charge in [-0.15, -0.1) is 0 Å². The van der Waals surface area contributed by atoms with Crippen molar-refractivity contribution in [2.24, 2.45) is 0 Å². The van der Waals surface area contributed by atoms with Crippen LogP contribution in [0.3, 0.4) is 0 Å². The molecule has 0 N–H and O–H groups in total. The van der Waals surface area contributed by atoms with Gasteiger partial charge in [0.2, 0.25) is 0 Å². The van der Waals surface area contributed by atoms with E-state index in [4.69, 9.17) is 0 Å². The normalized spacial score (nSPS) is 25.3. The molecule has 2 bridgehead atoms. The van der Waals surface area contributed by atoms with Crippen molar-refractivity contribution in [1.82, 2.24) is 9.88 Å². The van der Waals surface area contributed by atoms with E-state index in [-0.39, 0.29) is 0 Å². The van der Waals surface area contributed by atoms with Gasteiger partial charge in [-0.3, -0.25) is 9.88 Å². The van der Waals surface area contributed by atoms with Crippen LogP contribution in [0.25, 0.3) is 0 Å². The topological polar surface area (TPSA) is 19.4 Å². The number of piperazine rings is 1. The Morgan fingerprint density at radius 1 is 1.00 bits per heavy atom. The predicted molar refractivity (Wildman–Crippen MR) is 80.6 cm³/mol. The third-order valence-electron chi connectivity index (χ3n) is 4.56. The molecule has 2 aliphatic heterocycles. The van der Waals surface area contributed by atoms with Gasteiger partial charge in [0.25, 0.3) is 0 Å². The summed E-state index contributed by atoms with van der Waals surface area (Å²) in [5.41, 5.74) is 2.70. The molecule has 20 heavy (non-hydrogen) atoms. The molecule has 0 spiro atoms. The number of aromatic nitrogens is 1. The summed E-state index contributed by atoms with van der Waals surface area (Å²) in [6.07, 6.45) is 5.13. The first-order valence-corrected chi connectivity index (χ1v) is 7.35. The van der Waals surface area contributed by atoms with E-state index in [0.29, 0.717) is 12.1 Å². The summed E-state index contributed by atoms with van der Waals surface area (Å²) in [4.78, 5) is 9.40. The number of fused-ring (bicyclic) bond motifs is 2. The van der Waals surface area contributed by atoms with E-state index in [1.165, 1.54) is 24.2 Å². The highest BCUT2D eigenvalue weighted by Crippen LogP contribution is 2.34. The maximum absolute atomic E-state index is 4.24. The lowest BCUT2D eigenvalue weighted by molar-refractivity contribution is 0.230. The molecular weight excluding hydrogens is 246 g/mol. The fourth-order valence-electron chi connectivity index (χ4n) is 3.60. The lowest BCUT2D eigenvalue weighted by Gasteiger charge is -2.35. The standard InChI is InChI=1S/C17H19N3/c1-2-5-14(6-3-1)11-19-12-17-9-16(19)13-20(17)15-7-4-8-18-10-15/h1-8,10,16-17H,9,11-13H2. The molecule has 2 atom stereocenters. The van der Waals surface area contributed by atoms with Gasteiger partial charge in [-0.25, -0.2) is 0 Å². The molecule has 2 aliphatic rings. The summed E-state index contributed by atoms with van der Waals surface area (Å²) < 4.78 is 0. The van der Waals surface area contributed by atoms with E-state index in [2.05, 4.69) is 51.2 Å². The molecule has 1 aromatic carbocycles. The van der Waals surface area contributed by atoms with Gasteiger partial charge in [-0.2, -0.15) is 0 Å². The van der Waals surface area contributed by atoms with Crippen molar-refractivity contribution < 1.29 is 0 Å². The highest BCUT2D eigenvalue weighted by molar-refractivity contribution is 5.47. The number of likely N-dealkylation sites (tertiary alicyclic amines) is 1. The highest BCUT2D eigenvalue weighted by Gasteiger charge is 2.42. The quantitative estimate of drug-likeness (QED) is 0.850.